The van der Waals surface area contributed by atoms with Crippen molar-refractivity contribution in [2.45, 2.75) is 6.42 Å². The number of carboxylic acids is 1. The molecule has 0 bridgehead atoms. The highest BCUT2D eigenvalue weighted by Crippen LogP contribution is 2.14. The van der Waals surface area contributed by atoms with Crippen molar-refractivity contribution in [2.75, 3.05) is 0 Å². The molecule has 13 heavy (non-hydrogen) atoms. The van der Waals surface area contributed by atoms with Crippen LogP contribution in [0.2, 0.25) is 5.02 Å². The quantitative estimate of drug-likeness (QED) is 0.694. The fourth-order valence-corrected chi connectivity index (χ4v) is 1.06. The molecule has 0 radical (unpaired) electrons. The van der Waals surface area contributed by atoms with E-state index < -0.39 is 5.97 Å². The molecule has 0 spiro atoms. The maximum Gasteiger partial charge on any atom is 0.381 e. The summed E-state index contributed by atoms with van der Waals surface area (Å²) in [6.45, 7) is 0. The number of rotatable bonds is 1. The Balaban J connectivity index is 2.72. The fourth-order valence-electron chi connectivity index (χ4n) is 0.857. The molecule has 0 atom stereocenters. The van der Waals surface area contributed by atoms with E-state index in [0.29, 0.717) is 11.4 Å². The molecule has 1 rings (SSSR count). The number of benzene rings is 1. The van der Waals surface area contributed by atoms with Crippen LogP contribution in [0, 0.1) is 11.8 Å². The summed E-state index contributed by atoms with van der Waals surface area (Å²) in [5.74, 6) is 3.42. The first-order valence-corrected chi connectivity index (χ1v) is 4.03. The summed E-state index contributed by atoms with van der Waals surface area (Å²) in [5.41, 5.74) is 0.845. The minimum Gasteiger partial charge on any atom is -0.472 e. The van der Waals surface area contributed by atoms with Gasteiger partial charge in [0.2, 0.25) is 0 Å². The molecule has 66 valence electrons. The first-order chi connectivity index (χ1) is 6.20. The summed E-state index contributed by atoms with van der Waals surface area (Å²) in [6, 6.07) is 7.22. The van der Waals surface area contributed by atoms with Gasteiger partial charge in [0.05, 0.1) is 0 Å². The third-order valence-electron chi connectivity index (χ3n) is 1.43. The highest BCUT2D eigenvalue weighted by atomic mass is 35.5. The predicted molar refractivity (Wildman–Crippen MR) is 50.6 cm³/mol. The normalized spacial score (nSPS) is 8.69. The molecule has 0 aromatic heterocycles. The standard InChI is InChI=1S/C10H7ClO2/c11-9-6-2-1-4-8(9)5-3-7-10(12)13/h1-2,4,6H,5H2,(H,12,13). The lowest BCUT2D eigenvalue weighted by molar-refractivity contribution is -0.130. The maximum absolute atomic E-state index is 10.1. The molecular formula is C10H7ClO2. The van der Waals surface area contributed by atoms with Crippen molar-refractivity contribution in [3.63, 3.8) is 0 Å². The molecule has 1 aromatic rings. The van der Waals surface area contributed by atoms with Gasteiger partial charge in [-0.15, -0.1) is 0 Å². The Hall–Kier alpha value is -1.46. The largest absolute Gasteiger partial charge is 0.472 e. The van der Waals surface area contributed by atoms with E-state index >= 15 is 0 Å². The number of halogens is 1. The van der Waals surface area contributed by atoms with Crippen molar-refractivity contribution in [3.05, 3.63) is 34.9 Å². The second-order valence-electron chi connectivity index (χ2n) is 2.38. The average molecular weight is 195 g/mol. The van der Waals surface area contributed by atoms with E-state index in [1.54, 1.807) is 6.07 Å². The van der Waals surface area contributed by atoms with E-state index in [-0.39, 0.29) is 0 Å². The van der Waals surface area contributed by atoms with Crippen molar-refractivity contribution < 1.29 is 9.90 Å². The first-order valence-electron chi connectivity index (χ1n) is 3.65. The monoisotopic (exact) mass is 194 g/mol. The molecule has 0 unspecified atom stereocenters. The van der Waals surface area contributed by atoms with Crippen LogP contribution in [0.3, 0.4) is 0 Å². The SMILES string of the molecule is O=C(O)C#CCc1ccccc1Cl. The molecule has 2 nitrogen and oxygen atoms in total. The van der Waals surface area contributed by atoms with Gasteiger partial charge in [0.15, 0.2) is 0 Å². The van der Waals surface area contributed by atoms with Gasteiger partial charge >= 0.3 is 5.97 Å². The molecule has 0 saturated carbocycles. The van der Waals surface area contributed by atoms with Gasteiger partial charge in [0, 0.05) is 17.4 Å². The molecule has 0 aliphatic heterocycles. The summed E-state index contributed by atoms with van der Waals surface area (Å²) in [6.07, 6.45) is 0.367. The number of carbonyl (C=O) groups is 1. The van der Waals surface area contributed by atoms with Crippen molar-refractivity contribution in [1.29, 1.82) is 0 Å². The summed E-state index contributed by atoms with van der Waals surface area (Å²) in [7, 11) is 0. The van der Waals surface area contributed by atoms with Crippen LogP contribution in [-0.4, -0.2) is 11.1 Å². The highest BCUT2D eigenvalue weighted by Gasteiger charge is 1.95. The zero-order valence-electron chi connectivity index (χ0n) is 6.75. The van der Waals surface area contributed by atoms with Crippen molar-refractivity contribution in [1.82, 2.24) is 0 Å². The number of carboxylic acid groups (broad SMARTS) is 1. The first kappa shape index (κ1) is 9.63. The predicted octanol–water partition coefficient (Wildman–Crippen LogP) is 1.97. The van der Waals surface area contributed by atoms with Crippen LogP contribution in [0.25, 0.3) is 0 Å². The minimum absolute atomic E-state index is 0.367. The average Bonchev–Trinajstić information content (AvgIpc) is 2.08. The molecule has 1 aromatic carbocycles. The molecule has 0 amide bonds. The van der Waals surface area contributed by atoms with Crippen molar-refractivity contribution >= 4 is 17.6 Å². The zero-order chi connectivity index (χ0) is 9.68. The number of hydrogen-bond donors (Lipinski definition) is 1. The van der Waals surface area contributed by atoms with Gasteiger partial charge in [-0.1, -0.05) is 35.7 Å². The van der Waals surface area contributed by atoms with Crippen molar-refractivity contribution in [2.24, 2.45) is 0 Å². The molecule has 3 heteroatoms. The van der Waals surface area contributed by atoms with Crippen LogP contribution >= 0.6 is 11.6 Å². The Morgan fingerprint density at radius 3 is 2.77 bits per heavy atom. The van der Waals surface area contributed by atoms with Crippen LogP contribution in [0.5, 0.6) is 0 Å². The molecule has 0 fully saturated rings. The fraction of sp³-hybridized carbons (Fsp3) is 0.100. The van der Waals surface area contributed by atoms with E-state index in [1.807, 2.05) is 24.1 Å². The lowest BCUT2D eigenvalue weighted by Gasteiger charge is -1.96. The lowest BCUT2D eigenvalue weighted by atomic mass is 10.1. The second kappa shape index (κ2) is 4.54. The van der Waals surface area contributed by atoms with Crippen LogP contribution in [0.15, 0.2) is 24.3 Å². The molecule has 0 heterocycles. The molecule has 1 N–H and O–H groups in total. The molecule has 0 aliphatic rings. The van der Waals surface area contributed by atoms with E-state index in [9.17, 15) is 4.79 Å². The molecular weight excluding hydrogens is 188 g/mol. The summed E-state index contributed by atoms with van der Waals surface area (Å²) in [4.78, 5) is 10.1. The number of aliphatic carboxylic acids is 1. The van der Waals surface area contributed by atoms with Gasteiger partial charge in [0.1, 0.15) is 0 Å². The summed E-state index contributed by atoms with van der Waals surface area (Å²) in [5, 5.41) is 8.87. The maximum atomic E-state index is 10.1. The van der Waals surface area contributed by atoms with Crippen molar-refractivity contribution in [3.8, 4) is 11.8 Å². The van der Waals surface area contributed by atoms with E-state index in [1.165, 1.54) is 0 Å². The van der Waals surface area contributed by atoms with Gasteiger partial charge < -0.3 is 5.11 Å². The molecule has 0 aliphatic carbocycles. The third kappa shape index (κ3) is 3.18. The van der Waals surface area contributed by atoms with Gasteiger partial charge in [-0.25, -0.2) is 4.79 Å². The van der Waals surface area contributed by atoms with Crippen LogP contribution in [-0.2, 0) is 11.2 Å². The van der Waals surface area contributed by atoms with Crippen LogP contribution in [0.1, 0.15) is 5.56 Å². The topological polar surface area (TPSA) is 37.3 Å². The smallest absolute Gasteiger partial charge is 0.381 e. The Labute approximate surface area is 81.1 Å². The Bertz CT molecular complexity index is 374. The second-order valence-corrected chi connectivity index (χ2v) is 2.78. The van der Waals surface area contributed by atoms with Crippen LogP contribution in [0.4, 0.5) is 0 Å². The Morgan fingerprint density at radius 1 is 1.46 bits per heavy atom. The van der Waals surface area contributed by atoms with Gasteiger partial charge in [-0.05, 0) is 11.6 Å². The highest BCUT2D eigenvalue weighted by molar-refractivity contribution is 6.31. The molecule has 0 saturated heterocycles. The zero-order valence-corrected chi connectivity index (χ0v) is 7.51. The minimum atomic E-state index is -1.12. The van der Waals surface area contributed by atoms with Gasteiger partial charge in [0.25, 0.3) is 0 Å². The van der Waals surface area contributed by atoms with Gasteiger partial charge in [-0.3, -0.25) is 0 Å². The van der Waals surface area contributed by atoms with E-state index in [0.717, 1.165) is 5.56 Å². The van der Waals surface area contributed by atoms with E-state index in [4.69, 9.17) is 16.7 Å². The Kier molecular flexibility index (Phi) is 3.36. The summed E-state index contributed by atoms with van der Waals surface area (Å²) >= 11 is 5.82. The lowest BCUT2D eigenvalue weighted by Crippen LogP contribution is -1.88. The van der Waals surface area contributed by atoms with E-state index in [2.05, 4.69) is 5.92 Å². The van der Waals surface area contributed by atoms with Gasteiger partial charge in [-0.2, -0.15) is 0 Å². The van der Waals surface area contributed by atoms with Crippen LogP contribution < -0.4 is 0 Å². The number of hydrogen-bond acceptors (Lipinski definition) is 1. The third-order valence-corrected chi connectivity index (χ3v) is 1.80. The Morgan fingerprint density at radius 2 is 2.15 bits per heavy atom. The summed E-state index contributed by atoms with van der Waals surface area (Å²) < 4.78 is 0.